The summed E-state index contributed by atoms with van der Waals surface area (Å²) in [7, 11) is 0. The predicted octanol–water partition coefficient (Wildman–Crippen LogP) is 4.38. The van der Waals surface area contributed by atoms with Crippen molar-refractivity contribution in [3.63, 3.8) is 0 Å². The first kappa shape index (κ1) is 13.5. The molecule has 3 rings (SSSR count). The molecule has 1 heterocycles. The lowest BCUT2D eigenvalue weighted by molar-refractivity contribution is -0.354. The van der Waals surface area contributed by atoms with Gasteiger partial charge in [0.25, 0.3) is 0 Å². The third-order valence-corrected chi connectivity index (χ3v) is 3.97. The van der Waals surface area contributed by atoms with Gasteiger partial charge in [0.1, 0.15) is 5.01 Å². The summed E-state index contributed by atoms with van der Waals surface area (Å²) in [5.41, 5.74) is 3.70. The third-order valence-electron chi connectivity index (χ3n) is 3.14. The van der Waals surface area contributed by atoms with Gasteiger partial charge < -0.3 is 5.21 Å². The average Bonchev–Trinajstić information content (AvgIpc) is 3.04. The van der Waals surface area contributed by atoms with E-state index in [0.717, 1.165) is 20.9 Å². The molecule has 0 aliphatic carbocycles. The molecule has 0 unspecified atom stereocenters. The van der Waals surface area contributed by atoms with Gasteiger partial charge in [-0.15, -0.1) is 11.3 Å². The fourth-order valence-electron chi connectivity index (χ4n) is 1.98. The molecule has 0 aliphatic heterocycles. The Hall–Kier alpha value is -2.46. The first-order valence-electron chi connectivity index (χ1n) is 6.60. The highest BCUT2D eigenvalue weighted by molar-refractivity contribution is 7.13. The lowest BCUT2D eigenvalue weighted by Gasteiger charge is -2.04. The zero-order valence-corrected chi connectivity index (χ0v) is 12.4. The molecule has 0 saturated carbocycles. The minimum atomic E-state index is 0.607. The minimum absolute atomic E-state index is 0.607. The van der Waals surface area contributed by atoms with Crippen LogP contribution < -0.4 is 0 Å². The Morgan fingerprint density at radius 3 is 2.38 bits per heavy atom. The zero-order chi connectivity index (χ0) is 14.7. The summed E-state index contributed by atoms with van der Waals surface area (Å²) in [5.74, 6) is 0. The summed E-state index contributed by atoms with van der Waals surface area (Å²) >= 11 is 1.58. The number of thiazole rings is 1. The summed E-state index contributed by atoms with van der Waals surface area (Å²) in [5, 5.41) is 15.0. The molecule has 3 nitrogen and oxygen atoms in total. The van der Waals surface area contributed by atoms with Crippen LogP contribution in [0, 0.1) is 12.1 Å². The van der Waals surface area contributed by atoms with Crippen LogP contribution >= 0.6 is 11.3 Å². The maximum absolute atomic E-state index is 12.1. The Kier molecular flexibility index (Phi) is 3.79. The van der Waals surface area contributed by atoms with Gasteiger partial charge in [-0.1, -0.05) is 17.7 Å². The number of benzene rings is 2. The maximum atomic E-state index is 12.1. The molecule has 0 spiro atoms. The summed E-state index contributed by atoms with van der Waals surface area (Å²) < 4.78 is 0.885. The molecule has 0 aliphatic rings. The van der Waals surface area contributed by atoms with Crippen molar-refractivity contribution < 1.29 is 4.74 Å². The lowest BCUT2D eigenvalue weighted by atomic mass is 10.2. The van der Waals surface area contributed by atoms with Crippen molar-refractivity contribution in [2.24, 2.45) is 0 Å². The molecular weight excluding hydrogens is 280 g/mol. The van der Waals surface area contributed by atoms with Crippen LogP contribution in [0.2, 0.25) is 0 Å². The second kappa shape index (κ2) is 5.89. The first-order valence-corrected chi connectivity index (χ1v) is 7.48. The van der Waals surface area contributed by atoms with Crippen molar-refractivity contribution >= 4 is 23.2 Å². The third kappa shape index (κ3) is 3.17. The van der Waals surface area contributed by atoms with Crippen LogP contribution in [0.1, 0.15) is 11.1 Å². The van der Waals surface area contributed by atoms with Crippen molar-refractivity contribution in [3.8, 4) is 10.6 Å². The largest absolute Gasteiger partial charge is 0.618 e. The van der Waals surface area contributed by atoms with Gasteiger partial charge in [0.15, 0.2) is 6.21 Å². The van der Waals surface area contributed by atoms with Gasteiger partial charge in [-0.05, 0) is 31.2 Å². The predicted molar refractivity (Wildman–Crippen MR) is 87.2 cm³/mol. The molecule has 0 fully saturated rings. The van der Waals surface area contributed by atoms with Crippen molar-refractivity contribution in [2.75, 3.05) is 0 Å². The molecule has 21 heavy (non-hydrogen) atoms. The SMILES string of the molecule is Cc1ccc(C=[N+]([O-])c2ccc(-c3nccs3)cc2)cc1. The van der Waals surface area contributed by atoms with Gasteiger partial charge in [-0.3, -0.25) is 0 Å². The first-order chi connectivity index (χ1) is 10.2. The fraction of sp³-hybridized carbons (Fsp3) is 0.0588. The smallest absolute Gasteiger partial charge is 0.216 e. The van der Waals surface area contributed by atoms with Gasteiger partial charge in [0.2, 0.25) is 5.69 Å². The molecule has 3 aromatic rings. The number of hydrogen-bond acceptors (Lipinski definition) is 3. The number of nitrogens with zero attached hydrogens (tertiary/aromatic N) is 2. The number of aryl methyl sites for hydroxylation is 1. The van der Waals surface area contributed by atoms with E-state index in [2.05, 4.69) is 4.98 Å². The summed E-state index contributed by atoms with van der Waals surface area (Å²) in [6.45, 7) is 2.02. The van der Waals surface area contributed by atoms with Crippen molar-refractivity contribution in [1.82, 2.24) is 4.98 Å². The molecule has 0 saturated heterocycles. The highest BCUT2D eigenvalue weighted by Gasteiger charge is 2.05. The van der Waals surface area contributed by atoms with Crippen LogP contribution in [0.15, 0.2) is 60.1 Å². The van der Waals surface area contributed by atoms with Crippen molar-refractivity contribution in [2.45, 2.75) is 6.92 Å². The Balaban J connectivity index is 1.84. The zero-order valence-electron chi connectivity index (χ0n) is 11.6. The number of aromatic nitrogens is 1. The van der Waals surface area contributed by atoms with Crippen molar-refractivity contribution in [1.29, 1.82) is 0 Å². The summed E-state index contributed by atoms with van der Waals surface area (Å²) in [4.78, 5) is 4.26. The monoisotopic (exact) mass is 294 g/mol. The van der Waals surface area contributed by atoms with Gasteiger partial charge >= 0.3 is 0 Å². The van der Waals surface area contributed by atoms with Crippen LogP contribution in [0.25, 0.3) is 10.6 Å². The molecule has 2 aromatic carbocycles. The van der Waals surface area contributed by atoms with E-state index >= 15 is 0 Å². The van der Waals surface area contributed by atoms with Gasteiger partial charge in [-0.25, -0.2) is 4.98 Å². The molecule has 104 valence electrons. The highest BCUT2D eigenvalue weighted by Crippen LogP contribution is 2.23. The topological polar surface area (TPSA) is 39.0 Å². The number of rotatable bonds is 3. The van der Waals surface area contributed by atoms with E-state index in [1.165, 1.54) is 5.56 Å². The van der Waals surface area contributed by atoms with Crippen molar-refractivity contribution in [3.05, 3.63) is 76.4 Å². The van der Waals surface area contributed by atoms with E-state index in [9.17, 15) is 5.21 Å². The summed E-state index contributed by atoms with van der Waals surface area (Å²) in [6.07, 6.45) is 3.36. The Morgan fingerprint density at radius 1 is 1.05 bits per heavy atom. The highest BCUT2D eigenvalue weighted by atomic mass is 32.1. The average molecular weight is 294 g/mol. The van der Waals surface area contributed by atoms with Crippen LogP contribution in [0.4, 0.5) is 5.69 Å². The fourth-order valence-corrected chi connectivity index (χ4v) is 2.62. The second-order valence-corrected chi connectivity index (χ2v) is 5.64. The summed E-state index contributed by atoms with van der Waals surface area (Å²) in [6, 6.07) is 15.3. The van der Waals surface area contributed by atoms with E-state index < -0.39 is 0 Å². The van der Waals surface area contributed by atoms with Crippen LogP contribution in [0.3, 0.4) is 0 Å². The van der Waals surface area contributed by atoms with Gasteiger partial charge in [0.05, 0.1) is 0 Å². The lowest BCUT2D eigenvalue weighted by Crippen LogP contribution is -1.98. The van der Waals surface area contributed by atoms with Crippen LogP contribution in [0.5, 0.6) is 0 Å². The molecule has 0 bridgehead atoms. The molecule has 0 radical (unpaired) electrons. The van der Waals surface area contributed by atoms with Gasteiger partial charge in [0, 0.05) is 34.8 Å². The van der Waals surface area contributed by atoms with E-state index in [0.29, 0.717) is 5.69 Å². The second-order valence-electron chi connectivity index (χ2n) is 4.75. The molecule has 0 atom stereocenters. The van der Waals surface area contributed by atoms with Crippen LogP contribution in [-0.4, -0.2) is 15.9 Å². The van der Waals surface area contributed by atoms with E-state index in [1.54, 1.807) is 23.7 Å². The Bertz CT molecular complexity index is 744. The molecule has 1 aromatic heterocycles. The molecule has 4 heteroatoms. The molecule has 0 N–H and O–H groups in total. The minimum Gasteiger partial charge on any atom is -0.618 e. The molecule has 0 amide bonds. The normalized spacial score (nSPS) is 11.6. The van der Waals surface area contributed by atoms with Gasteiger partial charge in [-0.2, -0.15) is 4.74 Å². The van der Waals surface area contributed by atoms with E-state index in [4.69, 9.17) is 0 Å². The maximum Gasteiger partial charge on any atom is 0.216 e. The number of hydrogen-bond donors (Lipinski definition) is 0. The van der Waals surface area contributed by atoms with E-state index in [1.807, 2.05) is 60.8 Å². The quantitative estimate of drug-likeness (QED) is 0.311. The Morgan fingerprint density at radius 2 is 1.76 bits per heavy atom. The standard InChI is InChI=1S/C17H14N2OS/c1-13-2-4-14(5-3-13)12-19(20)16-8-6-15(7-9-16)17-18-10-11-21-17/h2-12H,1H3. The molecular formula is C17H14N2OS. The van der Waals surface area contributed by atoms with E-state index in [-0.39, 0.29) is 0 Å². The van der Waals surface area contributed by atoms with Crippen LogP contribution in [-0.2, 0) is 0 Å². The Labute approximate surface area is 127 Å².